The van der Waals surface area contributed by atoms with E-state index < -0.39 is 0 Å². The molecule has 1 aromatic carbocycles. The lowest BCUT2D eigenvalue weighted by atomic mass is 9.79. The van der Waals surface area contributed by atoms with E-state index in [2.05, 4.69) is 5.32 Å². The third-order valence-corrected chi connectivity index (χ3v) is 5.44. The predicted molar refractivity (Wildman–Crippen MR) is 73.4 cm³/mol. The smallest absolute Gasteiger partial charge is 0.138 e. The lowest BCUT2D eigenvalue weighted by molar-refractivity contribution is -0.123. The van der Waals surface area contributed by atoms with Crippen molar-refractivity contribution in [3.8, 4) is 0 Å². The van der Waals surface area contributed by atoms with E-state index in [0.29, 0.717) is 10.0 Å². The number of ketones is 1. The molecule has 2 atom stereocenters. The van der Waals surface area contributed by atoms with Gasteiger partial charge in [-0.15, -0.1) is 0 Å². The van der Waals surface area contributed by atoms with Gasteiger partial charge < -0.3 is 5.32 Å². The normalized spacial score (nSPS) is 33.9. The Bertz CT molecular complexity index is 531. The topological polar surface area (TPSA) is 29.1 Å². The Balaban J connectivity index is 2.05. The highest BCUT2D eigenvalue weighted by Gasteiger charge is 2.71. The fourth-order valence-electron chi connectivity index (χ4n) is 3.54. The zero-order valence-electron chi connectivity index (χ0n) is 10.2. The fourth-order valence-corrected chi connectivity index (χ4v) is 3.83. The number of piperidine rings is 1. The molecule has 1 N–H and O–H groups in total. The number of Topliss-reactive ketones (excluding diaryl/α,β-unsaturated/α-hetero) is 1. The van der Waals surface area contributed by atoms with Crippen molar-refractivity contribution in [1.29, 1.82) is 0 Å². The van der Waals surface area contributed by atoms with Crippen molar-refractivity contribution in [3.63, 3.8) is 0 Å². The van der Waals surface area contributed by atoms with E-state index in [4.69, 9.17) is 23.2 Å². The van der Waals surface area contributed by atoms with E-state index >= 15 is 0 Å². The number of rotatable bonds is 2. The number of carbonyl (C=O) groups excluding carboxylic acids is 1. The van der Waals surface area contributed by atoms with Crippen LogP contribution in [0, 0.1) is 5.41 Å². The third kappa shape index (κ3) is 1.49. The van der Waals surface area contributed by atoms with Crippen LogP contribution in [0.5, 0.6) is 0 Å². The maximum atomic E-state index is 12.0. The van der Waals surface area contributed by atoms with Crippen molar-refractivity contribution in [2.45, 2.75) is 25.2 Å². The molecule has 96 valence electrons. The predicted octanol–water partition coefficient (Wildman–Crippen LogP) is 3.20. The number of hydrogen-bond donors (Lipinski definition) is 1. The summed E-state index contributed by atoms with van der Waals surface area (Å²) in [5.74, 6) is 0.278. The van der Waals surface area contributed by atoms with Gasteiger partial charge >= 0.3 is 0 Å². The van der Waals surface area contributed by atoms with Crippen LogP contribution in [0.15, 0.2) is 18.2 Å². The van der Waals surface area contributed by atoms with Crippen molar-refractivity contribution in [3.05, 3.63) is 33.8 Å². The summed E-state index contributed by atoms with van der Waals surface area (Å²) in [7, 11) is 0. The summed E-state index contributed by atoms with van der Waals surface area (Å²) in [5, 5.41) is 4.48. The average Bonchev–Trinajstić information content (AvgIpc) is 3.04. The first-order chi connectivity index (χ1) is 8.52. The molecule has 1 heterocycles. The molecule has 4 heteroatoms. The van der Waals surface area contributed by atoms with E-state index in [1.54, 1.807) is 6.92 Å². The van der Waals surface area contributed by atoms with Crippen LogP contribution in [-0.4, -0.2) is 18.9 Å². The molecule has 0 aromatic heterocycles. The first-order valence-electron chi connectivity index (χ1n) is 6.19. The Morgan fingerprint density at radius 3 is 2.78 bits per heavy atom. The van der Waals surface area contributed by atoms with Crippen LogP contribution in [-0.2, 0) is 10.2 Å². The van der Waals surface area contributed by atoms with E-state index in [9.17, 15) is 4.79 Å². The molecule has 1 saturated carbocycles. The van der Waals surface area contributed by atoms with Crippen molar-refractivity contribution in [2.75, 3.05) is 13.1 Å². The molecule has 2 nitrogen and oxygen atoms in total. The molecule has 1 aromatic rings. The third-order valence-electron chi connectivity index (χ3n) is 4.70. The second-order valence-corrected chi connectivity index (χ2v) is 6.27. The quantitative estimate of drug-likeness (QED) is 0.903. The molecule has 18 heavy (non-hydrogen) atoms. The summed E-state index contributed by atoms with van der Waals surface area (Å²) < 4.78 is 0. The molecule has 3 rings (SSSR count). The summed E-state index contributed by atoms with van der Waals surface area (Å²) in [6.07, 6.45) is 1.92. The second kappa shape index (κ2) is 3.96. The summed E-state index contributed by atoms with van der Waals surface area (Å²) in [6.45, 7) is 3.43. The van der Waals surface area contributed by atoms with Crippen molar-refractivity contribution in [2.24, 2.45) is 5.41 Å². The van der Waals surface area contributed by atoms with E-state index in [1.807, 2.05) is 18.2 Å². The monoisotopic (exact) mass is 283 g/mol. The largest absolute Gasteiger partial charge is 0.316 e. The maximum Gasteiger partial charge on any atom is 0.138 e. The number of fused-ring (bicyclic) bond motifs is 1. The van der Waals surface area contributed by atoms with Gasteiger partial charge in [-0.2, -0.15) is 0 Å². The zero-order chi connectivity index (χ0) is 13.0. The van der Waals surface area contributed by atoms with Gasteiger partial charge in [0.1, 0.15) is 5.78 Å². The molecule has 2 fully saturated rings. The van der Waals surface area contributed by atoms with Gasteiger partial charge in [-0.05, 0) is 44.0 Å². The minimum atomic E-state index is -0.220. The number of hydrogen-bond acceptors (Lipinski definition) is 2. The minimum absolute atomic E-state index is 0.0156. The highest BCUT2D eigenvalue weighted by atomic mass is 35.5. The standard InChI is InChI=1S/C14H15Cl2NO/c1-9(18)14-7-13(14,4-5-17-8-14)10-2-3-11(15)12(16)6-10/h2-3,6,17H,4-5,7-8H2,1H3/t13-,14-/m0/s1. The van der Waals surface area contributed by atoms with E-state index in [1.165, 1.54) is 0 Å². The maximum absolute atomic E-state index is 12.0. The van der Waals surface area contributed by atoms with E-state index in [-0.39, 0.29) is 16.6 Å². The zero-order valence-corrected chi connectivity index (χ0v) is 11.7. The summed E-state index contributed by atoms with van der Waals surface area (Å²) in [5.41, 5.74) is 0.925. The lowest BCUT2D eigenvalue weighted by Gasteiger charge is -2.30. The van der Waals surface area contributed by atoms with Gasteiger partial charge in [-0.1, -0.05) is 29.3 Å². The summed E-state index contributed by atoms with van der Waals surface area (Å²) in [4.78, 5) is 12.0. The van der Waals surface area contributed by atoms with Gasteiger partial charge in [-0.25, -0.2) is 0 Å². The van der Waals surface area contributed by atoms with Gasteiger partial charge in [0.25, 0.3) is 0 Å². The molecule has 0 spiro atoms. The molecule has 1 saturated heterocycles. The molecule has 0 radical (unpaired) electrons. The van der Waals surface area contributed by atoms with Crippen molar-refractivity contribution < 1.29 is 4.79 Å². The highest BCUT2D eigenvalue weighted by molar-refractivity contribution is 6.42. The first kappa shape index (κ1) is 12.5. The van der Waals surface area contributed by atoms with Crippen LogP contribution in [0.2, 0.25) is 10.0 Å². The highest BCUT2D eigenvalue weighted by Crippen LogP contribution is 2.68. The van der Waals surface area contributed by atoms with Gasteiger partial charge in [0.05, 0.1) is 15.5 Å². The second-order valence-electron chi connectivity index (χ2n) is 5.45. The van der Waals surface area contributed by atoms with Gasteiger partial charge in [-0.3, -0.25) is 4.79 Å². The van der Waals surface area contributed by atoms with Crippen LogP contribution in [0.25, 0.3) is 0 Å². The van der Waals surface area contributed by atoms with Crippen LogP contribution < -0.4 is 5.32 Å². The number of carbonyl (C=O) groups is 1. The molecule has 2 aliphatic rings. The Morgan fingerprint density at radius 1 is 1.33 bits per heavy atom. The molecule has 1 aliphatic carbocycles. The SMILES string of the molecule is CC(=O)[C@]12CNCC[C@@]1(c1ccc(Cl)c(Cl)c1)C2. The van der Waals surface area contributed by atoms with Crippen molar-refractivity contribution >= 4 is 29.0 Å². The number of halogens is 2. The minimum Gasteiger partial charge on any atom is -0.316 e. The van der Waals surface area contributed by atoms with Crippen LogP contribution >= 0.6 is 23.2 Å². The van der Waals surface area contributed by atoms with Gasteiger partial charge in [0, 0.05) is 12.0 Å². The molecule has 1 aliphatic heterocycles. The molecule has 0 unspecified atom stereocenters. The van der Waals surface area contributed by atoms with Crippen LogP contribution in [0.1, 0.15) is 25.3 Å². The van der Waals surface area contributed by atoms with Crippen LogP contribution in [0.3, 0.4) is 0 Å². The Labute approximate surface area is 117 Å². The summed E-state index contributed by atoms with van der Waals surface area (Å²) in [6, 6.07) is 5.78. The first-order valence-corrected chi connectivity index (χ1v) is 6.95. The van der Waals surface area contributed by atoms with E-state index in [0.717, 1.165) is 31.5 Å². The molecular formula is C14H15Cl2NO. The Kier molecular flexibility index (Phi) is 2.74. The Morgan fingerprint density at radius 2 is 2.11 bits per heavy atom. The Hall–Kier alpha value is -0.570. The van der Waals surface area contributed by atoms with Gasteiger partial charge in [0.15, 0.2) is 0 Å². The molecular weight excluding hydrogens is 269 g/mol. The lowest BCUT2D eigenvalue weighted by Crippen LogP contribution is -2.42. The molecule has 0 amide bonds. The van der Waals surface area contributed by atoms with Crippen molar-refractivity contribution in [1.82, 2.24) is 5.32 Å². The average molecular weight is 284 g/mol. The fraction of sp³-hybridized carbons (Fsp3) is 0.500. The molecule has 0 bridgehead atoms. The van der Waals surface area contributed by atoms with Crippen LogP contribution in [0.4, 0.5) is 0 Å². The number of nitrogens with one attached hydrogen (secondary N) is 1. The number of benzene rings is 1. The van der Waals surface area contributed by atoms with Gasteiger partial charge in [0.2, 0.25) is 0 Å². The summed E-state index contributed by atoms with van der Waals surface area (Å²) >= 11 is 12.1.